The Morgan fingerprint density at radius 1 is 1.22 bits per heavy atom. The summed E-state index contributed by atoms with van der Waals surface area (Å²) in [5.74, 6) is 0.716. The van der Waals surface area contributed by atoms with E-state index in [1.807, 2.05) is 48.5 Å². The molecule has 1 saturated heterocycles. The van der Waals surface area contributed by atoms with Crippen molar-refractivity contribution in [1.29, 1.82) is 0 Å². The van der Waals surface area contributed by atoms with E-state index in [2.05, 4.69) is 10.4 Å². The second-order valence-corrected chi connectivity index (χ2v) is 5.77. The van der Waals surface area contributed by atoms with Crippen LogP contribution in [0.3, 0.4) is 0 Å². The van der Waals surface area contributed by atoms with Gasteiger partial charge in [0.05, 0.1) is 5.69 Å². The average Bonchev–Trinajstić information content (AvgIpc) is 3.06. The summed E-state index contributed by atoms with van der Waals surface area (Å²) in [4.78, 5) is 14.5. The molecule has 5 nitrogen and oxygen atoms in total. The molecule has 1 aliphatic rings. The first-order valence-corrected chi connectivity index (χ1v) is 7.83. The van der Waals surface area contributed by atoms with Gasteiger partial charge < -0.3 is 10.2 Å². The average molecular weight is 335 g/mol. The van der Waals surface area contributed by atoms with Crippen molar-refractivity contribution < 1.29 is 4.79 Å². The van der Waals surface area contributed by atoms with Crippen LogP contribution in [-0.2, 0) is 0 Å². The Morgan fingerprint density at radius 3 is 2.57 bits per heavy atom. The van der Waals surface area contributed by atoms with Gasteiger partial charge in [0.1, 0.15) is 0 Å². The maximum absolute atomic E-state index is 12.5. The van der Waals surface area contributed by atoms with Crippen LogP contribution < -0.4 is 5.32 Å². The number of likely N-dealkylation sites (tertiary alicyclic amines) is 1. The number of amides is 1. The zero-order valence-electron chi connectivity index (χ0n) is 13.3. The molecule has 0 aliphatic carbocycles. The third-order valence-corrected chi connectivity index (χ3v) is 4.22. The molecule has 0 saturated carbocycles. The number of rotatable bonds is 4. The van der Waals surface area contributed by atoms with Gasteiger partial charge in [-0.1, -0.05) is 18.2 Å². The van der Waals surface area contributed by atoms with Crippen LogP contribution in [0.15, 0.2) is 42.6 Å². The lowest BCUT2D eigenvalue weighted by Gasteiger charge is -2.31. The number of hydrogen-bond acceptors (Lipinski definition) is 3. The summed E-state index contributed by atoms with van der Waals surface area (Å²) in [6, 6.07) is 11.6. The van der Waals surface area contributed by atoms with E-state index in [4.69, 9.17) is 0 Å². The molecule has 1 fully saturated rings. The van der Waals surface area contributed by atoms with Gasteiger partial charge in [0, 0.05) is 19.3 Å². The van der Waals surface area contributed by atoms with E-state index in [1.165, 1.54) is 0 Å². The Morgan fingerprint density at radius 2 is 1.91 bits per heavy atom. The number of hydrogen-bond donors (Lipinski definition) is 1. The highest BCUT2D eigenvalue weighted by Gasteiger charge is 2.24. The first kappa shape index (κ1) is 17.5. The van der Waals surface area contributed by atoms with Gasteiger partial charge in [0.25, 0.3) is 5.91 Å². The van der Waals surface area contributed by atoms with Crippen LogP contribution in [0.1, 0.15) is 23.3 Å². The minimum Gasteiger partial charge on any atom is -0.337 e. The lowest BCUT2D eigenvalue weighted by molar-refractivity contribution is 0.0684. The Kier molecular flexibility index (Phi) is 6.19. The lowest BCUT2D eigenvalue weighted by atomic mass is 9.97. The van der Waals surface area contributed by atoms with Crippen LogP contribution in [0.4, 0.5) is 0 Å². The molecule has 0 unspecified atom stereocenters. The smallest absolute Gasteiger partial charge is 0.274 e. The number of benzene rings is 1. The normalized spacial score (nSPS) is 15.3. The molecule has 1 aliphatic heterocycles. The minimum absolute atomic E-state index is 0. The largest absolute Gasteiger partial charge is 0.337 e. The minimum atomic E-state index is 0. The summed E-state index contributed by atoms with van der Waals surface area (Å²) < 4.78 is 1.75. The number of para-hydroxylation sites is 1. The van der Waals surface area contributed by atoms with E-state index in [0.717, 1.165) is 38.2 Å². The number of nitrogens with zero attached hydrogens (tertiary/aromatic N) is 3. The van der Waals surface area contributed by atoms with E-state index in [1.54, 1.807) is 10.7 Å². The fourth-order valence-corrected chi connectivity index (χ4v) is 2.95. The van der Waals surface area contributed by atoms with E-state index >= 15 is 0 Å². The van der Waals surface area contributed by atoms with E-state index < -0.39 is 0 Å². The van der Waals surface area contributed by atoms with Gasteiger partial charge in [0.2, 0.25) is 0 Å². The van der Waals surface area contributed by atoms with Crippen molar-refractivity contribution in [3.05, 3.63) is 48.3 Å². The van der Waals surface area contributed by atoms with Crippen LogP contribution in [0, 0.1) is 5.92 Å². The zero-order chi connectivity index (χ0) is 15.4. The predicted octanol–water partition coefficient (Wildman–Crippen LogP) is 2.37. The molecule has 2 heterocycles. The van der Waals surface area contributed by atoms with Crippen LogP contribution in [0.5, 0.6) is 0 Å². The summed E-state index contributed by atoms with van der Waals surface area (Å²) in [6.45, 7) is 2.68. The van der Waals surface area contributed by atoms with Gasteiger partial charge in [-0.3, -0.25) is 4.79 Å². The monoisotopic (exact) mass is 334 g/mol. The number of halogens is 1. The Balaban J connectivity index is 0.00000192. The first-order valence-electron chi connectivity index (χ1n) is 7.83. The van der Waals surface area contributed by atoms with Gasteiger partial charge in [-0.05, 0) is 50.6 Å². The van der Waals surface area contributed by atoms with Crippen molar-refractivity contribution >= 4 is 18.3 Å². The van der Waals surface area contributed by atoms with Gasteiger partial charge >= 0.3 is 0 Å². The fraction of sp³-hybridized carbons (Fsp3) is 0.412. The highest BCUT2D eigenvalue weighted by Crippen LogP contribution is 2.18. The molecule has 1 aromatic heterocycles. The molecular formula is C17H23ClN4O. The Labute approximate surface area is 143 Å². The van der Waals surface area contributed by atoms with Crippen molar-refractivity contribution in [1.82, 2.24) is 20.0 Å². The second-order valence-electron chi connectivity index (χ2n) is 5.77. The molecule has 1 aromatic carbocycles. The van der Waals surface area contributed by atoms with E-state index in [-0.39, 0.29) is 18.3 Å². The highest BCUT2D eigenvalue weighted by molar-refractivity contribution is 5.92. The van der Waals surface area contributed by atoms with Crippen LogP contribution in [0.25, 0.3) is 5.69 Å². The Bertz CT molecular complexity index is 621. The standard InChI is InChI=1S/C17H22N4O.ClH/c1-18-13-14-7-10-20(11-8-14)17(22)16-9-12-21(19-16)15-5-3-2-4-6-15;/h2-6,9,12,14,18H,7-8,10-11,13H2,1H3;1H. The van der Waals surface area contributed by atoms with Crippen molar-refractivity contribution in [2.24, 2.45) is 5.92 Å². The van der Waals surface area contributed by atoms with Gasteiger partial charge in [-0.25, -0.2) is 4.68 Å². The fourth-order valence-electron chi connectivity index (χ4n) is 2.95. The molecule has 0 atom stereocenters. The summed E-state index contributed by atoms with van der Waals surface area (Å²) in [5, 5.41) is 7.64. The first-order chi connectivity index (χ1) is 10.8. The molecule has 0 radical (unpaired) electrons. The topological polar surface area (TPSA) is 50.2 Å². The van der Waals surface area contributed by atoms with Crippen LogP contribution >= 0.6 is 12.4 Å². The van der Waals surface area contributed by atoms with E-state index in [0.29, 0.717) is 11.6 Å². The van der Waals surface area contributed by atoms with Gasteiger partial charge in [-0.2, -0.15) is 5.10 Å². The highest BCUT2D eigenvalue weighted by atomic mass is 35.5. The third-order valence-electron chi connectivity index (χ3n) is 4.22. The maximum Gasteiger partial charge on any atom is 0.274 e. The van der Waals surface area contributed by atoms with Crippen molar-refractivity contribution in [2.75, 3.05) is 26.7 Å². The SMILES string of the molecule is CNCC1CCN(C(=O)c2ccn(-c3ccccc3)n2)CC1.Cl. The molecule has 23 heavy (non-hydrogen) atoms. The molecule has 0 bridgehead atoms. The van der Waals surface area contributed by atoms with Crippen molar-refractivity contribution in [3.63, 3.8) is 0 Å². The number of nitrogens with one attached hydrogen (secondary N) is 1. The molecule has 1 amide bonds. The van der Waals surface area contributed by atoms with Crippen molar-refractivity contribution in [3.8, 4) is 5.69 Å². The van der Waals surface area contributed by atoms with Crippen molar-refractivity contribution in [2.45, 2.75) is 12.8 Å². The molecule has 2 aromatic rings. The molecule has 1 N–H and O–H groups in total. The third kappa shape index (κ3) is 4.12. The molecule has 124 valence electrons. The number of carbonyl (C=O) groups is 1. The summed E-state index contributed by atoms with van der Waals surface area (Å²) in [7, 11) is 1.98. The van der Waals surface area contributed by atoms with Gasteiger partial charge in [-0.15, -0.1) is 12.4 Å². The molecule has 0 spiro atoms. The van der Waals surface area contributed by atoms with Crippen LogP contribution in [0.2, 0.25) is 0 Å². The quantitative estimate of drug-likeness (QED) is 0.934. The summed E-state index contributed by atoms with van der Waals surface area (Å²) >= 11 is 0. The zero-order valence-corrected chi connectivity index (χ0v) is 14.1. The van der Waals surface area contributed by atoms with E-state index in [9.17, 15) is 4.79 Å². The summed E-state index contributed by atoms with van der Waals surface area (Å²) in [6.07, 6.45) is 3.97. The van der Waals surface area contributed by atoms with Crippen LogP contribution in [-0.4, -0.2) is 47.3 Å². The number of aromatic nitrogens is 2. The molecule has 3 rings (SSSR count). The maximum atomic E-state index is 12.5. The second kappa shape index (κ2) is 8.13. The number of carbonyl (C=O) groups excluding carboxylic acids is 1. The van der Waals surface area contributed by atoms with Gasteiger partial charge in [0.15, 0.2) is 5.69 Å². The number of piperidine rings is 1. The Hall–Kier alpha value is -1.85. The molecular weight excluding hydrogens is 312 g/mol. The lowest BCUT2D eigenvalue weighted by Crippen LogP contribution is -2.40. The molecule has 6 heteroatoms. The summed E-state index contributed by atoms with van der Waals surface area (Å²) in [5.41, 5.74) is 1.49. The predicted molar refractivity (Wildman–Crippen MR) is 93.4 cm³/mol.